The molecule has 0 aliphatic heterocycles. The molecule has 1 aromatic heterocycles. The summed E-state index contributed by atoms with van der Waals surface area (Å²) in [6.07, 6.45) is 0. The normalized spacial score (nSPS) is 13.9. The summed E-state index contributed by atoms with van der Waals surface area (Å²) < 4.78 is 23.8. The minimum absolute atomic E-state index is 0.0347. The molecule has 0 bridgehead atoms. The lowest BCUT2D eigenvalue weighted by Crippen LogP contribution is -2.38. The number of halogens is 1. The van der Waals surface area contributed by atoms with Crippen LogP contribution in [0.3, 0.4) is 0 Å². The van der Waals surface area contributed by atoms with Crippen LogP contribution in [0.4, 0.5) is 10.1 Å². The molecule has 0 fully saturated rings. The van der Waals surface area contributed by atoms with Crippen molar-refractivity contribution in [2.24, 2.45) is 5.73 Å². The monoisotopic (exact) mass is 296 g/mol. The van der Waals surface area contributed by atoms with Crippen LogP contribution in [0.5, 0.6) is 0 Å². The zero-order valence-electron chi connectivity index (χ0n) is 11.4. The van der Waals surface area contributed by atoms with Gasteiger partial charge in [0.1, 0.15) is 11.4 Å². The van der Waals surface area contributed by atoms with E-state index in [1.807, 2.05) is 0 Å². The molecule has 9 heteroatoms. The Labute approximate surface area is 118 Å². The highest BCUT2D eigenvalue weighted by molar-refractivity contribution is 5.56. The van der Waals surface area contributed by atoms with Gasteiger partial charge in [0.15, 0.2) is 5.82 Å². The number of aromatic nitrogens is 2. The van der Waals surface area contributed by atoms with Crippen LogP contribution >= 0.6 is 0 Å². The molecule has 0 saturated heterocycles. The highest BCUT2D eigenvalue weighted by Crippen LogP contribution is 2.26. The minimum atomic E-state index is -0.992. The summed E-state index contributed by atoms with van der Waals surface area (Å²) in [6.45, 7) is 1.78. The van der Waals surface area contributed by atoms with Crippen molar-refractivity contribution >= 4 is 5.69 Å². The van der Waals surface area contributed by atoms with Gasteiger partial charge in [0, 0.05) is 13.2 Å². The molecular weight excluding hydrogens is 283 g/mol. The molecule has 1 aromatic carbocycles. The second kappa shape index (κ2) is 5.54. The topological polar surface area (TPSA) is 117 Å². The van der Waals surface area contributed by atoms with E-state index < -0.39 is 16.3 Å². The molecule has 0 amide bonds. The van der Waals surface area contributed by atoms with Crippen LogP contribution < -0.4 is 5.73 Å². The number of non-ortho nitro benzene ring substituents is 1. The number of rotatable bonds is 5. The fourth-order valence-electron chi connectivity index (χ4n) is 1.72. The van der Waals surface area contributed by atoms with Crippen molar-refractivity contribution in [3.63, 3.8) is 0 Å². The molecule has 0 aliphatic carbocycles. The minimum Gasteiger partial charge on any atom is -0.382 e. The van der Waals surface area contributed by atoms with Gasteiger partial charge in [-0.15, -0.1) is 0 Å². The summed E-state index contributed by atoms with van der Waals surface area (Å²) in [5.74, 6) is -0.785. The van der Waals surface area contributed by atoms with Gasteiger partial charge in [0.2, 0.25) is 0 Å². The predicted molar refractivity (Wildman–Crippen MR) is 69.8 cm³/mol. The molecule has 2 rings (SSSR count). The van der Waals surface area contributed by atoms with E-state index in [4.69, 9.17) is 15.0 Å². The van der Waals surface area contributed by atoms with Crippen LogP contribution in [0.1, 0.15) is 12.7 Å². The van der Waals surface area contributed by atoms with Gasteiger partial charge in [0.25, 0.3) is 11.6 Å². The predicted octanol–water partition coefficient (Wildman–Crippen LogP) is 1.60. The summed E-state index contributed by atoms with van der Waals surface area (Å²) >= 11 is 0. The molecule has 112 valence electrons. The van der Waals surface area contributed by atoms with Crippen molar-refractivity contribution in [3.05, 3.63) is 40.0 Å². The number of methoxy groups -OCH3 is 1. The van der Waals surface area contributed by atoms with Gasteiger partial charge in [-0.3, -0.25) is 10.1 Å². The lowest BCUT2D eigenvalue weighted by atomic mass is 10.1. The lowest BCUT2D eigenvalue weighted by Gasteiger charge is -2.18. The van der Waals surface area contributed by atoms with Crippen LogP contribution in [0, 0.1) is 15.9 Å². The van der Waals surface area contributed by atoms with Gasteiger partial charge in [-0.25, -0.2) is 4.39 Å². The number of benzene rings is 1. The van der Waals surface area contributed by atoms with Crippen LogP contribution in [-0.2, 0) is 10.3 Å². The Morgan fingerprint density at radius 1 is 1.57 bits per heavy atom. The molecular formula is C12H13FN4O4. The maximum absolute atomic E-state index is 13.9. The Kier molecular flexibility index (Phi) is 3.96. The second-order valence-electron chi connectivity index (χ2n) is 4.69. The van der Waals surface area contributed by atoms with Gasteiger partial charge in [-0.2, -0.15) is 4.98 Å². The molecule has 1 heterocycles. The van der Waals surface area contributed by atoms with E-state index in [1.54, 1.807) is 6.92 Å². The Hall–Kier alpha value is -2.39. The molecule has 21 heavy (non-hydrogen) atoms. The number of nitro groups is 1. The Bertz CT molecular complexity index is 671. The Morgan fingerprint density at radius 3 is 2.86 bits per heavy atom. The van der Waals surface area contributed by atoms with E-state index in [0.717, 1.165) is 12.1 Å². The second-order valence-corrected chi connectivity index (χ2v) is 4.69. The Morgan fingerprint density at radius 2 is 2.29 bits per heavy atom. The third-order valence-electron chi connectivity index (χ3n) is 2.77. The smallest absolute Gasteiger partial charge is 0.272 e. The van der Waals surface area contributed by atoms with Gasteiger partial charge in [-0.1, -0.05) is 5.16 Å². The largest absolute Gasteiger partial charge is 0.382 e. The molecule has 2 aromatic rings. The van der Waals surface area contributed by atoms with Crippen LogP contribution in [-0.4, -0.2) is 28.8 Å². The first-order valence-electron chi connectivity index (χ1n) is 5.91. The van der Waals surface area contributed by atoms with Crippen molar-refractivity contribution in [2.45, 2.75) is 12.5 Å². The first-order chi connectivity index (χ1) is 9.85. The van der Waals surface area contributed by atoms with E-state index in [1.165, 1.54) is 13.2 Å². The van der Waals surface area contributed by atoms with Crippen molar-refractivity contribution in [1.82, 2.24) is 10.1 Å². The van der Waals surface area contributed by atoms with Gasteiger partial charge >= 0.3 is 0 Å². The third-order valence-corrected chi connectivity index (χ3v) is 2.77. The van der Waals surface area contributed by atoms with Gasteiger partial charge < -0.3 is 15.0 Å². The van der Waals surface area contributed by atoms with E-state index in [2.05, 4.69) is 10.1 Å². The van der Waals surface area contributed by atoms with Crippen molar-refractivity contribution in [3.8, 4) is 11.5 Å². The first kappa shape index (κ1) is 15.0. The SMILES string of the molecule is COCC(C)(N)c1noc(-c2ccc([N+](=O)[O-])cc2F)n1. The summed E-state index contributed by atoms with van der Waals surface area (Å²) in [4.78, 5) is 13.9. The highest BCUT2D eigenvalue weighted by atomic mass is 19.1. The number of hydrogen-bond donors (Lipinski definition) is 1. The molecule has 0 radical (unpaired) electrons. The highest BCUT2D eigenvalue weighted by Gasteiger charge is 2.28. The maximum Gasteiger partial charge on any atom is 0.272 e. The third kappa shape index (κ3) is 3.03. The maximum atomic E-state index is 13.9. The number of nitrogens with zero attached hydrogens (tertiary/aromatic N) is 3. The van der Waals surface area contributed by atoms with Crippen LogP contribution in [0.2, 0.25) is 0 Å². The van der Waals surface area contributed by atoms with Crippen molar-refractivity contribution < 1.29 is 18.6 Å². The van der Waals surface area contributed by atoms with Gasteiger partial charge in [-0.05, 0) is 13.0 Å². The van der Waals surface area contributed by atoms with E-state index in [-0.39, 0.29) is 29.6 Å². The lowest BCUT2D eigenvalue weighted by molar-refractivity contribution is -0.385. The number of nitro benzene ring substituents is 1. The summed E-state index contributed by atoms with van der Waals surface area (Å²) in [5.41, 5.74) is 4.56. The summed E-state index contributed by atoms with van der Waals surface area (Å²) in [7, 11) is 1.47. The average molecular weight is 296 g/mol. The zero-order valence-corrected chi connectivity index (χ0v) is 11.4. The van der Waals surface area contributed by atoms with E-state index in [0.29, 0.717) is 0 Å². The number of ether oxygens (including phenoxy) is 1. The zero-order chi connectivity index (χ0) is 15.6. The fraction of sp³-hybridized carbons (Fsp3) is 0.333. The van der Waals surface area contributed by atoms with Crippen LogP contribution in [0.25, 0.3) is 11.5 Å². The van der Waals surface area contributed by atoms with E-state index in [9.17, 15) is 14.5 Å². The van der Waals surface area contributed by atoms with Crippen molar-refractivity contribution in [1.29, 1.82) is 0 Å². The van der Waals surface area contributed by atoms with Gasteiger partial charge in [0.05, 0.1) is 23.2 Å². The number of nitrogens with two attached hydrogens (primary N) is 1. The summed E-state index contributed by atoms with van der Waals surface area (Å²) in [6, 6.07) is 3.14. The quantitative estimate of drug-likeness (QED) is 0.657. The van der Waals surface area contributed by atoms with Crippen molar-refractivity contribution in [2.75, 3.05) is 13.7 Å². The molecule has 0 aliphatic rings. The number of hydrogen-bond acceptors (Lipinski definition) is 7. The van der Waals surface area contributed by atoms with Crippen LogP contribution in [0.15, 0.2) is 22.7 Å². The standard InChI is InChI=1S/C12H13FN4O4/c1-12(14,6-20-2)11-15-10(21-16-11)8-4-3-7(17(18)19)5-9(8)13/h3-5H,6,14H2,1-2H3. The summed E-state index contributed by atoms with van der Waals surface area (Å²) in [5, 5.41) is 14.3. The molecule has 0 saturated carbocycles. The first-order valence-corrected chi connectivity index (χ1v) is 5.91. The molecule has 1 atom stereocenters. The molecule has 8 nitrogen and oxygen atoms in total. The molecule has 1 unspecified atom stereocenters. The fourth-order valence-corrected chi connectivity index (χ4v) is 1.72. The van der Waals surface area contributed by atoms with E-state index >= 15 is 0 Å². The average Bonchev–Trinajstić information content (AvgIpc) is 2.88. The Balaban J connectivity index is 2.36. The molecule has 2 N–H and O–H groups in total. The molecule has 0 spiro atoms.